The molecule has 27 heavy (non-hydrogen) atoms. The van der Waals surface area contributed by atoms with Crippen LogP contribution in [-0.4, -0.2) is 28.6 Å². The van der Waals surface area contributed by atoms with Crippen molar-refractivity contribution in [2.24, 2.45) is 5.41 Å². The van der Waals surface area contributed by atoms with E-state index in [-0.39, 0.29) is 23.7 Å². The lowest BCUT2D eigenvalue weighted by Crippen LogP contribution is -2.36. The molecular formula is C21H21FN2O3. The number of hydrogen-bond acceptors (Lipinski definition) is 3. The first-order valence-electron chi connectivity index (χ1n) is 9.12. The van der Waals surface area contributed by atoms with Crippen molar-refractivity contribution >= 4 is 11.8 Å². The molecule has 1 heterocycles. The third kappa shape index (κ3) is 3.32. The Hall–Kier alpha value is -2.73. The van der Waals surface area contributed by atoms with Crippen LogP contribution in [0.4, 0.5) is 4.39 Å². The Morgan fingerprint density at radius 2 is 1.93 bits per heavy atom. The van der Waals surface area contributed by atoms with Crippen LogP contribution in [0.25, 0.3) is 0 Å². The molecule has 6 heteroatoms. The summed E-state index contributed by atoms with van der Waals surface area (Å²) in [5.74, 6) is -0.781. The summed E-state index contributed by atoms with van der Waals surface area (Å²) in [6.07, 6.45) is 3.09. The van der Waals surface area contributed by atoms with Crippen molar-refractivity contribution in [2.75, 3.05) is 6.54 Å². The van der Waals surface area contributed by atoms with E-state index in [0.717, 1.165) is 30.4 Å². The molecule has 1 aliphatic carbocycles. The summed E-state index contributed by atoms with van der Waals surface area (Å²) in [5.41, 5.74) is 2.81. The number of halogens is 1. The number of benzene rings is 2. The molecule has 0 saturated carbocycles. The van der Waals surface area contributed by atoms with Crippen LogP contribution in [0.1, 0.15) is 39.9 Å². The summed E-state index contributed by atoms with van der Waals surface area (Å²) in [4.78, 5) is 24.9. The Kier molecular flexibility index (Phi) is 4.44. The molecule has 4 rings (SSSR count). The first-order valence-corrected chi connectivity index (χ1v) is 9.12. The number of aryl methyl sites for hydroxylation is 1. The normalized spacial score (nSPS) is 21.0. The summed E-state index contributed by atoms with van der Waals surface area (Å²) in [6, 6.07) is 11.0. The van der Waals surface area contributed by atoms with Crippen LogP contribution in [0.5, 0.6) is 0 Å². The van der Waals surface area contributed by atoms with E-state index in [4.69, 9.17) is 0 Å². The largest absolute Gasteiger partial charge is 0.356 e. The van der Waals surface area contributed by atoms with Gasteiger partial charge in [0.25, 0.3) is 5.91 Å². The zero-order chi connectivity index (χ0) is 19.0. The van der Waals surface area contributed by atoms with E-state index in [2.05, 4.69) is 5.32 Å². The van der Waals surface area contributed by atoms with Crippen LogP contribution in [0.2, 0.25) is 0 Å². The lowest BCUT2D eigenvalue weighted by molar-refractivity contribution is -0.128. The van der Waals surface area contributed by atoms with E-state index in [1.165, 1.54) is 24.3 Å². The maximum atomic E-state index is 13.0. The van der Waals surface area contributed by atoms with Gasteiger partial charge in [-0.15, -0.1) is 0 Å². The van der Waals surface area contributed by atoms with Crippen molar-refractivity contribution in [1.29, 1.82) is 0 Å². The SMILES string of the molecule is O=C(c1ccc2c(c1)C[C@]1(CCNC1=O)CC2)N(O)Cc1ccc(F)cc1. The Bertz CT molecular complexity index is 897. The van der Waals surface area contributed by atoms with E-state index in [1.54, 1.807) is 12.1 Å². The van der Waals surface area contributed by atoms with E-state index < -0.39 is 5.91 Å². The highest BCUT2D eigenvalue weighted by Gasteiger charge is 2.44. The molecule has 0 unspecified atom stereocenters. The fourth-order valence-electron chi connectivity index (χ4n) is 4.10. The van der Waals surface area contributed by atoms with Gasteiger partial charge in [0.05, 0.1) is 12.0 Å². The summed E-state index contributed by atoms with van der Waals surface area (Å²) in [7, 11) is 0. The highest BCUT2D eigenvalue weighted by molar-refractivity contribution is 5.94. The summed E-state index contributed by atoms with van der Waals surface area (Å²) in [5, 5.41) is 13.7. The molecule has 1 saturated heterocycles. The van der Waals surface area contributed by atoms with Gasteiger partial charge in [-0.05, 0) is 66.6 Å². The number of fused-ring (bicyclic) bond motifs is 1. The van der Waals surface area contributed by atoms with E-state index in [1.807, 2.05) is 6.07 Å². The van der Waals surface area contributed by atoms with Gasteiger partial charge < -0.3 is 5.32 Å². The van der Waals surface area contributed by atoms with E-state index in [0.29, 0.717) is 29.2 Å². The Morgan fingerprint density at radius 1 is 1.15 bits per heavy atom. The lowest BCUT2D eigenvalue weighted by Gasteiger charge is -2.32. The number of hydrogen-bond donors (Lipinski definition) is 2. The van der Waals surface area contributed by atoms with Crippen molar-refractivity contribution in [3.63, 3.8) is 0 Å². The van der Waals surface area contributed by atoms with Crippen molar-refractivity contribution in [3.8, 4) is 0 Å². The molecule has 2 aromatic carbocycles. The maximum Gasteiger partial charge on any atom is 0.277 e. The van der Waals surface area contributed by atoms with Crippen LogP contribution in [0, 0.1) is 11.2 Å². The number of nitrogens with one attached hydrogen (secondary N) is 1. The van der Waals surface area contributed by atoms with Gasteiger partial charge in [0.15, 0.2) is 0 Å². The molecule has 2 aromatic rings. The number of amides is 2. The molecule has 140 valence electrons. The zero-order valence-electron chi connectivity index (χ0n) is 14.9. The van der Waals surface area contributed by atoms with Crippen LogP contribution in [-0.2, 0) is 24.2 Å². The molecule has 1 spiro atoms. The van der Waals surface area contributed by atoms with Gasteiger partial charge in [-0.3, -0.25) is 14.8 Å². The van der Waals surface area contributed by atoms with E-state index in [9.17, 15) is 19.2 Å². The number of hydroxylamine groups is 2. The summed E-state index contributed by atoms with van der Waals surface area (Å²) >= 11 is 0. The van der Waals surface area contributed by atoms with Gasteiger partial charge in [-0.25, -0.2) is 9.45 Å². The quantitative estimate of drug-likeness (QED) is 0.647. The average Bonchev–Trinajstić information content (AvgIpc) is 3.02. The smallest absolute Gasteiger partial charge is 0.277 e. The lowest BCUT2D eigenvalue weighted by atomic mass is 9.70. The Balaban J connectivity index is 1.52. The van der Waals surface area contributed by atoms with Gasteiger partial charge in [0.1, 0.15) is 5.82 Å². The summed E-state index contributed by atoms with van der Waals surface area (Å²) in [6.45, 7) is 0.678. The molecule has 1 aliphatic heterocycles. The number of carbonyl (C=O) groups is 2. The van der Waals surface area contributed by atoms with E-state index >= 15 is 0 Å². The second-order valence-electron chi connectivity index (χ2n) is 7.44. The van der Waals surface area contributed by atoms with Gasteiger partial charge in [0.2, 0.25) is 5.91 Å². The van der Waals surface area contributed by atoms with Crippen molar-refractivity contribution < 1.29 is 19.2 Å². The van der Waals surface area contributed by atoms with Gasteiger partial charge >= 0.3 is 0 Å². The number of nitrogens with zero attached hydrogens (tertiary/aromatic N) is 1. The highest BCUT2D eigenvalue weighted by atomic mass is 19.1. The number of carbonyl (C=O) groups excluding carboxylic acids is 2. The minimum Gasteiger partial charge on any atom is -0.356 e. The molecule has 1 atom stereocenters. The number of rotatable bonds is 3. The zero-order valence-corrected chi connectivity index (χ0v) is 14.9. The molecule has 2 N–H and O–H groups in total. The Labute approximate surface area is 156 Å². The first kappa shape index (κ1) is 17.7. The third-order valence-corrected chi connectivity index (χ3v) is 5.71. The van der Waals surface area contributed by atoms with Crippen LogP contribution in [0.3, 0.4) is 0 Å². The topological polar surface area (TPSA) is 69.6 Å². The molecule has 2 aliphatic rings. The fourth-order valence-corrected chi connectivity index (χ4v) is 4.10. The average molecular weight is 368 g/mol. The molecular weight excluding hydrogens is 347 g/mol. The fraction of sp³-hybridized carbons (Fsp3) is 0.333. The van der Waals surface area contributed by atoms with Crippen LogP contribution in [0.15, 0.2) is 42.5 Å². The standard InChI is InChI=1S/C21H21FN2O3/c22-18-5-1-14(2-6-18)13-24(27)19(25)16-4-3-15-7-8-21(12-17(15)11-16)9-10-23-20(21)26/h1-6,11,27H,7-10,12-13H2,(H,23,26)/t21-/m1/s1. The minimum atomic E-state index is -0.516. The minimum absolute atomic E-state index is 0.0253. The molecule has 0 aromatic heterocycles. The summed E-state index contributed by atoms with van der Waals surface area (Å²) < 4.78 is 13.0. The monoisotopic (exact) mass is 368 g/mol. The van der Waals surface area contributed by atoms with Gasteiger partial charge in [-0.1, -0.05) is 18.2 Å². The van der Waals surface area contributed by atoms with Crippen molar-refractivity contribution in [2.45, 2.75) is 32.2 Å². The maximum absolute atomic E-state index is 13.0. The second-order valence-corrected chi connectivity index (χ2v) is 7.44. The molecule has 0 bridgehead atoms. The Morgan fingerprint density at radius 3 is 2.63 bits per heavy atom. The van der Waals surface area contributed by atoms with Crippen LogP contribution < -0.4 is 5.32 Å². The predicted octanol–water partition coefficient (Wildman–Crippen LogP) is 2.85. The predicted molar refractivity (Wildman–Crippen MR) is 96.6 cm³/mol. The van der Waals surface area contributed by atoms with Crippen molar-refractivity contribution in [1.82, 2.24) is 10.4 Å². The first-order chi connectivity index (χ1) is 13.0. The van der Waals surface area contributed by atoms with Crippen molar-refractivity contribution in [3.05, 3.63) is 70.5 Å². The van der Waals surface area contributed by atoms with Gasteiger partial charge in [0, 0.05) is 12.1 Å². The second kappa shape index (κ2) is 6.78. The molecule has 2 amide bonds. The third-order valence-electron chi connectivity index (χ3n) is 5.71. The highest BCUT2D eigenvalue weighted by Crippen LogP contribution is 2.41. The molecule has 5 nitrogen and oxygen atoms in total. The van der Waals surface area contributed by atoms with Crippen LogP contribution >= 0.6 is 0 Å². The molecule has 0 radical (unpaired) electrons. The molecule has 1 fully saturated rings. The van der Waals surface area contributed by atoms with Gasteiger partial charge in [-0.2, -0.15) is 0 Å².